The number of hydrogen-bond acceptors (Lipinski definition) is 8. The van der Waals surface area contributed by atoms with Crippen LogP contribution in [-0.4, -0.2) is 38.3 Å². The Bertz CT molecular complexity index is 803. The second kappa shape index (κ2) is 9.18. The third kappa shape index (κ3) is 6.65. The molecule has 0 aliphatic carbocycles. The predicted molar refractivity (Wildman–Crippen MR) is 96.5 cm³/mol. The third-order valence-corrected chi connectivity index (χ3v) is 5.85. The third-order valence-electron chi connectivity index (χ3n) is 2.89. The van der Waals surface area contributed by atoms with Gasteiger partial charge in [0, 0.05) is 11.1 Å². The molecular weight excluding hydrogens is 384 g/mol. The van der Waals surface area contributed by atoms with E-state index in [2.05, 4.69) is 4.98 Å². The minimum atomic E-state index is -3.69. The van der Waals surface area contributed by atoms with Crippen molar-refractivity contribution in [1.82, 2.24) is 4.98 Å². The van der Waals surface area contributed by atoms with Crippen LogP contribution in [0, 0.1) is 0 Å². The van der Waals surface area contributed by atoms with Crippen LogP contribution in [0.5, 0.6) is 5.75 Å². The minimum absolute atomic E-state index is 0.0474. The first kappa shape index (κ1) is 19.7. The zero-order valence-electron chi connectivity index (χ0n) is 13.5. The summed E-state index contributed by atoms with van der Waals surface area (Å²) in [5.74, 6) is 0.953. The number of thioether (sulfide) groups is 1. The Labute approximate surface area is 154 Å². The standard InChI is InChI=1S/C15H18N2O5S3/c1-2-21-14(18)9-11-10-24-15(17-11)23-8-7-22-12-3-5-13(6-4-12)25(16,19)20/h3-6,10H,2,7-9H2,1H3,(H2,16,19,20). The van der Waals surface area contributed by atoms with Crippen LogP contribution in [0.1, 0.15) is 12.6 Å². The topological polar surface area (TPSA) is 109 Å². The van der Waals surface area contributed by atoms with Crippen LogP contribution in [0.15, 0.2) is 38.9 Å². The number of ether oxygens (including phenoxy) is 2. The number of benzene rings is 1. The number of nitrogens with two attached hydrogens (primary N) is 1. The van der Waals surface area contributed by atoms with E-state index < -0.39 is 10.0 Å². The molecule has 0 unspecified atom stereocenters. The Morgan fingerprint density at radius 2 is 2.04 bits per heavy atom. The molecule has 1 aromatic heterocycles. The maximum absolute atomic E-state index is 11.4. The number of aromatic nitrogens is 1. The number of thiazole rings is 1. The number of hydrogen-bond donors (Lipinski definition) is 1. The van der Waals surface area contributed by atoms with Crippen LogP contribution >= 0.6 is 23.1 Å². The first-order valence-electron chi connectivity index (χ1n) is 7.37. The number of sulfonamides is 1. The summed E-state index contributed by atoms with van der Waals surface area (Å²) in [6, 6.07) is 5.93. The molecule has 2 rings (SSSR count). The first-order valence-corrected chi connectivity index (χ1v) is 10.8. The van der Waals surface area contributed by atoms with E-state index in [1.807, 2.05) is 5.38 Å². The molecular formula is C15H18N2O5S3. The zero-order chi connectivity index (χ0) is 18.3. The molecule has 2 aromatic rings. The van der Waals surface area contributed by atoms with E-state index in [-0.39, 0.29) is 17.3 Å². The average molecular weight is 403 g/mol. The van der Waals surface area contributed by atoms with Gasteiger partial charge in [-0.05, 0) is 31.2 Å². The van der Waals surface area contributed by atoms with Gasteiger partial charge in [-0.3, -0.25) is 4.79 Å². The molecule has 0 saturated heterocycles. The van der Waals surface area contributed by atoms with Gasteiger partial charge in [-0.1, -0.05) is 11.8 Å². The van der Waals surface area contributed by atoms with Crippen LogP contribution in [0.2, 0.25) is 0 Å². The molecule has 0 aliphatic heterocycles. The van der Waals surface area contributed by atoms with Gasteiger partial charge < -0.3 is 9.47 Å². The summed E-state index contributed by atoms with van der Waals surface area (Å²) < 4.78 is 33.6. The van der Waals surface area contributed by atoms with Gasteiger partial charge in [0.15, 0.2) is 0 Å². The van der Waals surface area contributed by atoms with Gasteiger partial charge in [-0.2, -0.15) is 0 Å². The van der Waals surface area contributed by atoms with Crippen molar-refractivity contribution in [2.24, 2.45) is 5.14 Å². The fraction of sp³-hybridized carbons (Fsp3) is 0.333. The van der Waals surface area contributed by atoms with Crippen molar-refractivity contribution in [3.63, 3.8) is 0 Å². The molecule has 2 N–H and O–H groups in total. The number of rotatable bonds is 9. The van der Waals surface area contributed by atoms with Crippen LogP contribution in [-0.2, 0) is 26.0 Å². The Kier molecular flexibility index (Phi) is 7.24. The quantitative estimate of drug-likeness (QED) is 0.388. The molecule has 0 fully saturated rings. The number of nitrogens with zero attached hydrogens (tertiary/aromatic N) is 1. The van der Waals surface area contributed by atoms with Crippen LogP contribution < -0.4 is 9.88 Å². The number of esters is 1. The van der Waals surface area contributed by atoms with E-state index in [9.17, 15) is 13.2 Å². The summed E-state index contributed by atoms with van der Waals surface area (Å²) in [6.45, 7) is 2.56. The molecule has 0 saturated carbocycles. The molecule has 1 aromatic carbocycles. The SMILES string of the molecule is CCOC(=O)Cc1csc(SCCOc2ccc(S(N)(=O)=O)cc2)n1. The van der Waals surface area contributed by atoms with E-state index in [1.54, 1.807) is 19.1 Å². The van der Waals surface area contributed by atoms with Gasteiger partial charge in [0.2, 0.25) is 10.0 Å². The van der Waals surface area contributed by atoms with Gasteiger partial charge in [-0.25, -0.2) is 18.5 Å². The molecule has 10 heteroatoms. The van der Waals surface area contributed by atoms with Crippen LogP contribution in [0.4, 0.5) is 0 Å². The van der Waals surface area contributed by atoms with E-state index in [0.29, 0.717) is 30.4 Å². The Morgan fingerprint density at radius 3 is 2.68 bits per heavy atom. The highest BCUT2D eigenvalue weighted by atomic mass is 32.2. The lowest BCUT2D eigenvalue weighted by molar-refractivity contribution is -0.142. The van der Waals surface area contributed by atoms with Crippen molar-refractivity contribution in [3.8, 4) is 5.75 Å². The molecule has 1 heterocycles. The molecule has 0 aliphatic rings. The monoisotopic (exact) mass is 402 g/mol. The molecule has 0 amide bonds. The molecule has 0 radical (unpaired) electrons. The lowest BCUT2D eigenvalue weighted by Crippen LogP contribution is -2.11. The summed E-state index contributed by atoms with van der Waals surface area (Å²) in [5, 5.41) is 6.87. The lowest BCUT2D eigenvalue weighted by atomic mass is 10.3. The van der Waals surface area contributed by atoms with Gasteiger partial charge in [0.05, 0.1) is 30.2 Å². The highest BCUT2D eigenvalue weighted by Gasteiger charge is 2.09. The number of carbonyl (C=O) groups excluding carboxylic acids is 1. The highest BCUT2D eigenvalue weighted by Crippen LogP contribution is 2.23. The number of carbonyl (C=O) groups is 1. The normalized spacial score (nSPS) is 11.3. The predicted octanol–water partition coefficient (Wildman–Crippen LogP) is 2.07. The van der Waals surface area contributed by atoms with Crippen molar-refractivity contribution in [2.75, 3.05) is 19.0 Å². The second-order valence-corrected chi connectivity index (χ2v) is 8.56. The lowest BCUT2D eigenvalue weighted by Gasteiger charge is -2.05. The fourth-order valence-corrected chi connectivity index (χ4v) is 4.06. The molecule has 25 heavy (non-hydrogen) atoms. The van der Waals surface area contributed by atoms with Crippen LogP contribution in [0.25, 0.3) is 0 Å². The minimum Gasteiger partial charge on any atom is -0.493 e. The van der Waals surface area contributed by atoms with Gasteiger partial charge in [-0.15, -0.1) is 11.3 Å². The van der Waals surface area contributed by atoms with Crippen molar-refractivity contribution < 1.29 is 22.7 Å². The maximum atomic E-state index is 11.4. The summed E-state index contributed by atoms with van der Waals surface area (Å²) in [5.41, 5.74) is 0.699. The van der Waals surface area contributed by atoms with Gasteiger partial charge >= 0.3 is 5.97 Å². The second-order valence-electron chi connectivity index (χ2n) is 4.80. The van der Waals surface area contributed by atoms with Crippen molar-refractivity contribution in [3.05, 3.63) is 35.3 Å². The zero-order valence-corrected chi connectivity index (χ0v) is 16.0. The Hall–Kier alpha value is -1.62. The molecule has 0 bridgehead atoms. The Morgan fingerprint density at radius 1 is 1.32 bits per heavy atom. The van der Waals surface area contributed by atoms with Crippen LogP contribution in [0.3, 0.4) is 0 Å². The smallest absolute Gasteiger partial charge is 0.311 e. The van der Waals surface area contributed by atoms with E-state index in [4.69, 9.17) is 14.6 Å². The average Bonchev–Trinajstić information content (AvgIpc) is 2.98. The van der Waals surface area contributed by atoms with Crippen molar-refractivity contribution >= 4 is 39.1 Å². The van der Waals surface area contributed by atoms with E-state index in [0.717, 1.165) is 4.34 Å². The van der Waals surface area contributed by atoms with Gasteiger partial charge in [0.1, 0.15) is 10.1 Å². The van der Waals surface area contributed by atoms with Gasteiger partial charge in [0.25, 0.3) is 0 Å². The maximum Gasteiger partial charge on any atom is 0.311 e. The highest BCUT2D eigenvalue weighted by molar-refractivity contribution is 8.01. The summed E-state index contributed by atoms with van der Waals surface area (Å²) >= 11 is 2.99. The van der Waals surface area contributed by atoms with E-state index in [1.165, 1.54) is 35.2 Å². The van der Waals surface area contributed by atoms with Crippen molar-refractivity contribution in [1.29, 1.82) is 0 Å². The number of primary sulfonamides is 1. The summed E-state index contributed by atoms with van der Waals surface area (Å²) in [4.78, 5) is 15.8. The summed E-state index contributed by atoms with van der Waals surface area (Å²) in [6.07, 6.45) is 0.178. The molecule has 136 valence electrons. The molecule has 0 atom stereocenters. The first-order chi connectivity index (χ1) is 11.9. The molecule has 0 spiro atoms. The Balaban J connectivity index is 1.74. The summed E-state index contributed by atoms with van der Waals surface area (Å²) in [7, 11) is -3.69. The largest absolute Gasteiger partial charge is 0.493 e. The van der Waals surface area contributed by atoms with E-state index >= 15 is 0 Å². The van der Waals surface area contributed by atoms with Crippen molar-refractivity contribution in [2.45, 2.75) is 22.6 Å². The molecule has 7 nitrogen and oxygen atoms in total. The fourth-order valence-electron chi connectivity index (χ4n) is 1.81.